The normalized spacial score (nSPS) is 32.7. The fourth-order valence-electron chi connectivity index (χ4n) is 5.90. The summed E-state index contributed by atoms with van der Waals surface area (Å²) in [6, 6.07) is -1.54. The van der Waals surface area contributed by atoms with Crippen LogP contribution in [0, 0.1) is 17.8 Å². The molecule has 7 atom stereocenters. The van der Waals surface area contributed by atoms with Crippen LogP contribution in [-0.2, 0) is 23.9 Å². The molecule has 2 unspecified atom stereocenters. The lowest BCUT2D eigenvalue weighted by molar-refractivity contribution is -0.157. The third kappa shape index (κ3) is 3.65. The van der Waals surface area contributed by atoms with E-state index in [0.717, 1.165) is 6.42 Å². The van der Waals surface area contributed by atoms with E-state index in [4.69, 9.17) is 9.47 Å². The number of carbonyl (C=O) groups is 3. The number of fused-ring (bicyclic) bond motifs is 1. The van der Waals surface area contributed by atoms with Crippen molar-refractivity contribution in [2.75, 3.05) is 19.8 Å². The number of likely N-dealkylation sites (tertiary alicyclic amines) is 1. The van der Waals surface area contributed by atoms with Crippen molar-refractivity contribution in [1.82, 2.24) is 9.80 Å². The summed E-state index contributed by atoms with van der Waals surface area (Å²) in [7, 11) is 0. The number of hydrogen-bond donors (Lipinski definition) is 1. The third-order valence-electron chi connectivity index (χ3n) is 7.61. The highest BCUT2D eigenvalue weighted by Gasteiger charge is 2.75. The van der Waals surface area contributed by atoms with Crippen LogP contribution in [0.1, 0.15) is 53.9 Å². The first-order chi connectivity index (χ1) is 15.2. The highest BCUT2D eigenvalue weighted by molar-refractivity contribution is 5.98. The lowest BCUT2D eigenvalue weighted by Crippen LogP contribution is -2.60. The van der Waals surface area contributed by atoms with Gasteiger partial charge in [-0.15, -0.1) is 6.58 Å². The average molecular weight is 451 g/mol. The maximum Gasteiger partial charge on any atom is 0.312 e. The zero-order chi connectivity index (χ0) is 23.8. The SMILES string of the molecule is C=CCN(C(=O)C1N([C@@H](CO)[C@@H](C)CC)C(=O)[C@@H]2[C@@H](C(=O)OCC)[C@H]3CCC12O3)C(C)C. The number of carbonyl (C=O) groups excluding carboxylic acids is 3. The number of aliphatic hydroxyl groups is 1. The van der Waals surface area contributed by atoms with Crippen LogP contribution in [0.25, 0.3) is 0 Å². The van der Waals surface area contributed by atoms with Crippen molar-refractivity contribution in [3.63, 3.8) is 0 Å². The van der Waals surface area contributed by atoms with Gasteiger partial charge in [0.25, 0.3) is 0 Å². The molecule has 0 aromatic carbocycles. The van der Waals surface area contributed by atoms with E-state index in [-0.39, 0.29) is 37.0 Å². The minimum Gasteiger partial charge on any atom is -0.466 e. The predicted octanol–water partition coefficient (Wildman–Crippen LogP) is 1.75. The van der Waals surface area contributed by atoms with Crippen LogP contribution in [0.4, 0.5) is 0 Å². The van der Waals surface area contributed by atoms with Gasteiger partial charge in [0.1, 0.15) is 11.6 Å². The molecule has 3 fully saturated rings. The summed E-state index contributed by atoms with van der Waals surface area (Å²) in [5, 5.41) is 10.3. The van der Waals surface area contributed by atoms with Crippen molar-refractivity contribution in [3.05, 3.63) is 12.7 Å². The summed E-state index contributed by atoms with van der Waals surface area (Å²) in [6.45, 7) is 13.6. The number of nitrogens with zero attached hydrogens (tertiary/aromatic N) is 2. The van der Waals surface area contributed by atoms with Gasteiger partial charge in [0.15, 0.2) is 0 Å². The fraction of sp³-hybridized carbons (Fsp3) is 0.792. The molecule has 2 bridgehead atoms. The summed E-state index contributed by atoms with van der Waals surface area (Å²) in [5.41, 5.74) is -1.08. The maximum absolute atomic E-state index is 14.0. The van der Waals surface area contributed by atoms with Crippen LogP contribution >= 0.6 is 0 Å². The van der Waals surface area contributed by atoms with Gasteiger partial charge in [0.05, 0.1) is 37.2 Å². The van der Waals surface area contributed by atoms with Gasteiger partial charge in [-0.3, -0.25) is 14.4 Å². The van der Waals surface area contributed by atoms with E-state index in [1.54, 1.807) is 22.8 Å². The van der Waals surface area contributed by atoms with Gasteiger partial charge in [0.2, 0.25) is 11.8 Å². The quantitative estimate of drug-likeness (QED) is 0.402. The van der Waals surface area contributed by atoms with Crippen LogP contribution in [-0.4, -0.2) is 82.3 Å². The van der Waals surface area contributed by atoms with E-state index in [9.17, 15) is 19.5 Å². The zero-order valence-corrected chi connectivity index (χ0v) is 20.0. The summed E-state index contributed by atoms with van der Waals surface area (Å²) >= 11 is 0. The average Bonchev–Trinajstić information content (AvgIpc) is 3.40. The van der Waals surface area contributed by atoms with Gasteiger partial charge in [0, 0.05) is 12.6 Å². The highest BCUT2D eigenvalue weighted by Crippen LogP contribution is 2.59. The molecule has 180 valence electrons. The fourth-order valence-corrected chi connectivity index (χ4v) is 5.90. The predicted molar refractivity (Wildman–Crippen MR) is 118 cm³/mol. The second-order valence-corrected chi connectivity index (χ2v) is 9.56. The minimum absolute atomic E-state index is 0.0281. The third-order valence-corrected chi connectivity index (χ3v) is 7.61. The van der Waals surface area contributed by atoms with Crippen molar-refractivity contribution in [2.45, 2.75) is 83.7 Å². The molecule has 3 heterocycles. The molecule has 8 heteroatoms. The van der Waals surface area contributed by atoms with Gasteiger partial charge < -0.3 is 24.4 Å². The van der Waals surface area contributed by atoms with Crippen molar-refractivity contribution in [2.24, 2.45) is 17.8 Å². The topological polar surface area (TPSA) is 96.4 Å². The molecule has 3 saturated heterocycles. The smallest absolute Gasteiger partial charge is 0.312 e. The number of aliphatic hydroxyl groups excluding tert-OH is 1. The molecule has 0 aromatic rings. The van der Waals surface area contributed by atoms with Crippen LogP contribution < -0.4 is 0 Å². The Hall–Kier alpha value is -1.93. The first-order valence-corrected chi connectivity index (χ1v) is 11.9. The molecular weight excluding hydrogens is 412 g/mol. The summed E-state index contributed by atoms with van der Waals surface area (Å²) in [6.07, 6.45) is 3.10. The van der Waals surface area contributed by atoms with Crippen LogP contribution in [0.2, 0.25) is 0 Å². The maximum atomic E-state index is 14.0. The van der Waals surface area contributed by atoms with Crippen LogP contribution in [0.15, 0.2) is 12.7 Å². The Bertz CT molecular complexity index is 755. The number of esters is 1. The van der Waals surface area contributed by atoms with Crippen molar-refractivity contribution >= 4 is 17.8 Å². The van der Waals surface area contributed by atoms with E-state index < -0.39 is 41.6 Å². The molecule has 0 radical (unpaired) electrons. The Labute approximate surface area is 190 Å². The molecule has 8 nitrogen and oxygen atoms in total. The number of hydrogen-bond acceptors (Lipinski definition) is 6. The Morgan fingerprint density at radius 2 is 2.06 bits per heavy atom. The Balaban J connectivity index is 2.12. The van der Waals surface area contributed by atoms with Crippen LogP contribution in [0.3, 0.4) is 0 Å². The van der Waals surface area contributed by atoms with Crippen molar-refractivity contribution < 1.29 is 29.0 Å². The number of rotatable bonds is 10. The summed E-state index contributed by atoms with van der Waals surface area (Å²) < 4.78 is 11.7. The number of amides is 2. The van der Waals surface area contributed by atoms with E-state index in [1.165, 1.54) is 0 Å². The van der Waals surface area contributed by atoms with Gasteiger partial charge in [-0.1, -0.05) is 26.3 Å². The van der Waals surface area contributed by atoms with E-state index >= 15 is 0 Å². The summed E-state index contributed by atoms with van der Waals surface area (Å²) in [4.78, 5) is 44.0. The first-order valence-electron chi connectivity index (χ1n) is 11.9. The molecule has 2 amide bonds. The Morgan fingerprint density at radius 1 is 1.38 bits per heavy atom. The van der Waals surface area contributed by atoms with Crippen LogP contribution in [0.5, 0.6) is 0 Å². The highest BCUT2D eigenvalue weighted by atomic mass is 16.6. The standard InChI is InChI=1S/C24H38N2O6/c1-7-12-25(14(4)5)22(29)20-24-11-10-17(32-24)18(23(30)31-9-3)19(24)21(28)26(20)16(13-27)15(6)8-2/h7,14-20,27H,1,8-13H2,2-6H3/t15-,16-,17+,18-,19-,20?,24?/m0/s1. The molecule has 3 aliphatic heterocycles. The van der Waals surface area contributed by atoms with E-state index in [2.05, 4.69) is 6.58 Å². The second-order valence-electron chi connectivity index (χ2n) is 9.56. The molecule has 3 aliphatic rings. The lowest BCUT2D eigenvalue weighted by atomic mass is 9.70. The van der Waals surface area contributed by atoms with Gasteiger partial charge in [-0.2, -0.15) is 0 Å². The van der Waals surface area contributed by atoms with Gasteiger partial charge in [-0.05, 0) is 39.5 Å². The molecule has 1 spiro atoms. The van der Waals surface area contributed by atoms with Crippen molar-refractivity contribution in [1.29, 1.82) is 0 Å². The van der Waals surface area contributed by atoms with Gasteiger partial charge in [-0.25, -0.2) is 0 Å². The zero-order valence-electron chi connectivity index (χ0n) is 20.0. The molecule has 0 aliphatic carbocycles. The monoisotopic (exact) mass is 450 g/mol. The van der Waals surface area contributed by atoms with E-state index in [0.29, 0.717) is 19.4 Å². The molecule has 1 N–H and O–H groups in total. The Kier molecular flexibility index (Phi) is 7.34. The van der Waals surface area contributed by atoms with E-state index in [1.807, 2.05) is 27.7 Å². The molecule has 0 aromatic heterocycles. The lowest BCUT2D eigenvalue weighted by Gasteiger charge is -2.41. The molecule has 3 rings (SSSR count). The second kappa shape index (κ2) is 9.51. The van der Waals surface area contributed by atoms with Gasteiger partial charge >= 0.3 is 5.97 Å². The van der Waals surface area contributed by atoms with Crippen molar-refractivity contribution in [3.8, 4) is 0 Å². The molecule has 0 saturated carbocycles. The summed E-state index contributed by atoms with van der Waals surface area (Å²) in [5.74, 6) is -2.47. The largest absolute Gasteiger partial charge is 0.466 e. The number of ether oxygens (including phenoxy) is 2. The molecule has 32 heavy (non-hydrogen) atoms. The Morgan fingerprint density at radius 3 is 2.59 bits per heavy atom. The first kappa shape index (κ1) is 24.7. The minimum atomic E-state index is -1.08. The molecular formula is C24H38N2O6.